The van der Waals surface area contributed by atoms with Crippen LogP contribution in [0.25, 0.3) is 0 Å². The van der Waals surface area contributed by atoms with Gasteiger partial charge in [0.2, 0.25) is 0 Å². The Morgan fingerprint density at radius 2 is 2.16 bits per heavy atom. The average molecular weight is 271 g/mol. The van der Waals surface area contributed by atoms with Gasteiger partial charge in [0, 0.05) is 7.05 Å². The van der Waals surface area contributed by atoms with E-state index in [-0.39, 0.29) is 6.54 Å². The number of hydrogen-bond acceptors (Lipinski definition) is 6. The molecule has 0 aliphatic carbocycles. The van der Waals surface area contributed by atoms with Crippen molar-refractivity contribution in [2.24, 2.45) is 7.05 Å². The van der Waals surface area contributed by atoms with Gasteiger partial charge < -0.3 is 15.2 Å². The third kappa shape index (κ3) is 6.12. The standard InChI is InChI=1S/C9H13N5O5/c1-14-5-11-6(13-14)2-10-9(18)12-7(15)3-19-4-8(16)17/h5H,2-4H2,1H3,(H,16,17)(H2,10,12,15,18). The van der Waals surface area contributed by atoms with Gasteiger partial charge in [0.25, 0.3) is 5.91 Å². The fourth-order valence-electron chi connectivity index (χ4n) is 1.06. The lowest BCUT2D eigenvalue weighted by atomic mass is 10.6. The number of aliphatic carboxylic acids is 1. The Morgan fingerprint density at radius 3 is 2.74 bits per heavy atom. The first-order chi connectivity index (χ1) is 8.97. The van der Waals surface area contributed by atoms with E-state index in [1.54, 1.807) is 7.05 Å². The molecule has 0 saturated carbocycles. The zero-order chi connectivity index (χ0) is 14.3. The second-order valence-electron chi connectivity index (χ2n) is 3.45. The maximum Gasteiger partial charge on any atom is 0.329 e. The van der Waals surface area contributed by atoms with Gasteiger partial charge in [0.15, 0.2) is 5.82 Å². The second-order valence-corrected chi connectivity index (χ2v) is 3.45. The number of hydrogen-bond donors (Lipinski definition) is 3. The molecule has 1 aromatic rings. The maximum absolute atomic E-state index is 11.3. The number of aryl methyl sites for hydroxylation is 1. The number of amides is 3. The van der Waals surface area contributed by atoms with E-state index in [9.17, 15) is 14.4 Å². The highest BCUT2D eigenvalue weighted by Gasteiger charge is 2.09. The summed E-state index contributed by atoms with van der Waals surface area (Å²) in [6.07, 6.45) is 1.47. The van der Waals surface area contributed by atoms with E-state index in [1.165, 1.54) is 11.0 Å². The Balaban J connectivity index is 2.19. The molecule has 1 aromatic heterocycles. The normalized spacial score (nSPS) is 9.95. The predicted molar refractivity (Wildman–Crippen MR) is 59.8 cm³/mol. The molecule has 0 saturated heterocycles. The van der Waals surface area contributed by atoms with Crippen LogP contribution in [-0.2, 0) is 27.9 Å². The monoisotopic (exact) mass is 271 g/mol. The van der Waals surface area contributed by atoms with Gasteiger partial charge in [-0.05, 0) is 0 Å². The Hall–Kier alpha value is -2.49. The molecular formula is C9H13N5O5. The zero-order valence-corrected chi connectivity index (χ0v) is 10.1. The molecule has 0 spiro atoms. The van der Waals surface area contributed by atoms with Crippen molar-refractivity contribution in [2.45, 2.75) is 6.54 Å². The first-order valence-electron chi connectivity index (χ1n) is 5.19. The van der Waals surface area contributed by atoms with Gasteiger partial charge in [-0.15, -0.1) is 0 Å². The maximum atomic E-state index is 11.3. The van der Waals surface area contributed by atoms with Crippen LogP contribution < -0.4 is 10.6 Å². The molecular weight excluding hydrogens is 258 g/mol. The summed E-state index contributed by atoms with van der Waals surface area (Å²) in [5, 5.41) is 16.5. The molecule has 0 radical (unpaired) electrons. The van der Waals surface area contributed by atoms with Crippen molar-refractivity contribution >= 4 is 17.9 Å². The molecule has 1 rings (SSSR count). The third-order valence-electron chi connectivity index (χ3n) is 1.77. The van der Waals surface area contributed by atoms with Gasteiger partial charge in [-0.25, -0.2) is 14.6 Å². The summed E-state index contributed by atoms with van der Waals surface area (Å²) in [5.74, 6) is -1.54. The number of imide groups is 1. The molecule has 10 heteroatoms. The molecule has 0 aliphatic rings. The Bertz CT molecular complexity index is 471. The fraction of sp³-hybridized carbons (Fsp3) is 0.444. The van der Waals surface area contributed by atoms with Crippen molar-refractivity contribution in [1.82, 2.24) is 25.4 Å². The summed E-state index contributed by atoms with van der Waals surface area (Å²) < 4.78 is 5.98. The van der Waals surface area contributed by atoms with Crippen LogP contribution in [0.15, 0.2) is 6.33 Å². The quantitative estimate of drug-likeness (QED) is 0.557. The van der Waals surface area contributed by atoms with Crippen LogP contribution in [0.3, 0.4) is 0 Å². The van der Waals surface area contributed by atoms with E-state index in [2.05, 4.69) is 20.1 Å². The molecule has 19 heavy (non-hydrogen) atoms. The van der Waals surface area contributed by atoms with Gasteiger partial charge in [-0.2, -0.15) is 5.10 Å². The lowest BCUT2D eigenvalue weighted by Crippen LogP contribution is -2.41. The lowest BCUT2D eigenvalue weighted by Gasteiger charge is -2.04. The van der Waals surface area contributed by atoms with Crippen molar-refractivity contribution in [3.63, 3.8) is 0 Å². The van der Waals surface area contributed by atoms with Gasteiger partial charge >= 0.3 is 12.0 Å². The van der Waals surface area contributed by atoms with Crippen LogP contribution in [-0.4, -0.2) is 51.0 Å². The predicted octanol–water partition coefficient (Wildman–Crippen LogP) is -1.76. The van der Waals surface area contributed by atoms with Crippen LogP contribution in [0.1, 0.15) is 5.82 Å². The molecule has 0 aliphatic heterocycles. The molecule has 1 heterocycles. The largest absolute Gasteiger partial charge is 0.480 e. The number of carbonyl (C=O) groups is 3. The first kappa shape index (κ1) is 14.6. The van der Waals surface area contributed by atoms with Gasteiger partial charge in [0.1, 0.15) is 19.5 Å². The number of carbonyl (C=O) groups excluding carboxylic acids is 2. The highest BCUT2D eigenvalue weighted by Crippen LogP contribution is 1.86. The van der Waals surface area contributed by atoms with Gasteiger partial charge in [-0.1, -0.05) is 0 Å². The smallest absolute Gasteiger partial charge is 0.329 e. The average Bonchev–Trinajstić information content (AvgIpc) is 2.72. The van der Waals surface area contributed by atoms with E-state index in [0.29, 0.717) is 5.82 Å². The zero-order valence-electron chi connectivity index (χ0n) is 10.1. The number of rotatable bonds is 6. The molecule has 3 N–H and O–H groups in total. The Morgan fingerprint density at radius 1 is 1.42 bits per heavy atom. The van der Waals surface area contributed by atoms with E-state index < -0.39 is 31.1 Å². The van der Waals surface area contributed by atoms with Crippen molar-refractivity contribution < 1.29 is 24.2 Å². The molecule has 0 fully saturated rings. The number of ether oxygens (including phenoxy) is 1. The van der Waals surface area contributed by atoms with E-state index in [4.69, 9.17) is 5.11 Å². The number of urea groups is 1. The highest BCUT2D eigenvalue weighted by molar-refractivity contribution is 5.94. The summed E-state index contributed by atoms with van der Waals surface area (Å²) in [6, 6.07) is -0.739. The van der Waals surface area contributed by atoms with Crippen LogP contribution in [0, 0.1) is 0 Å². The second kappa shape index (κ2) is 7.06. The van der Waals surface area contributed by atoms with Crippen molar-refractivity contribution in [2.75, 3.05) is 13.2 Å². The molecule has 3 amide bonds. The van der Waals surface area contributed by atoms with E-state index in [0.717, 1.165) is 0 Å². The van der Waals surface area contributed by atoms with Crippen LogP contribution in [0.5, 0.6) is 0 Å². The number of carboxylic acid groups (broad SMARTS) is 1. The summed E-state index contributed by atoms with van der Waals surface area (Å²) in [6.45, 7) is -1.05. The topological polar surface area (TPSA) is 135 Å². The van der Waals surface area contributed by atoms with Crippen molar-refractivity contribution in [3.8, 4) is 0 Å². The van der Waals surface area contributed by atoms with Gasteiger partial charge in [0.05, 0.1) is 6.54 Å². The van der Waals surface area contributed by atoms with Crippen LogP contribution in [0.4, 0.5) is 4.79 Å². The van der Waals surface area contributed by atoms with E-state index in [1.807, 2.05) is 5.32 Å². The third-order valence-corrected chi connectivity index (χ3v) is 1.77. The highest BCUT2D eigenvalue weighted by atomic mass is 16.5. The minimum absolute atomic E-state index is 0.0654. The van der Waals surface area contributed by atoms with Crippen molar-refractivity contribution in [1.29, 1.82) is 0 Å². The number of nitrogens with zero attached hydrogens (tertiary/aromatic N) is 3. The number of carboxylic acids is 1. The first-order valence-corrected chi connectivity index (χ1v) is 5.19. The molecule has 104 valence electrons. The summed E-state index contributed by atoms with van der Waals surface area (Å²) in [5.41, 5.74) is 0. The fourth-order valence-corrected chi connectivity index (χ4v) is 1.06. The lowest BCUT2D eigenvalue weighted by molar-refractivity contribution is -0.143. The van der Waals surface area contributed by atoms with E-state index >= 15 is 0 Å². The number of aromatic nitrogens is 3. The summed E-state index contributed by atoms with van der Waals surface area (Å²) >= 11 is 0. The number of nitrogens with one attached hydrogen (secondary N) is 2. The summed E-state index contributed by atoms with van der Waals surface area (Å²) in [4.78, 5) is 36.4. The Kier molecular flexibility index (Phi) is 5.41. The van der Waals surface area contributed by atoms with Crippen LogP contribution >= 0.6 is 0 Å². The summed E-state index contributed by atoms with van der Waals surface area (Å²) in [7, 11) is 1.68. The SMILES string of the molecule is Cn1cnc(CNC(=O)NC(=O)COCC(=O)O)n1. The molecule has 0 atom stereocenters. The minimum atomic E-state index is -1.20. The van der Waals surface area contributed by atoms with Gasteiger partial charge in [-0.3, -0.25) is 14.8 Å². The van der Waals surface area contributed by atoms with Crippen molar-refractivity contribution in [3.05, 3.63) is 12.2 Å². The molecule has 10 nitrogen and oxygen atoms in total. The molecule has 0 bridgehead atoms. The molecule has 0 aromatic carbocycles. The Labute approximate surface area is 107 Å². The minimum Gasteiger partial charge on any atom is -0.480 e. The van der Waals surface area contributed by atoms with Crippen LogP contribution in [0.2, 0.25) is 0 Å². The molecule has 0 unspecified atom stereocenters.